The number of anilines is 1. The van der Waals surface area contributed by atoms with Crippen molar-refractivity contribution in [2.45, 2.75) is 13.8 Å². The Labute approximate surface area is 141 Å². The summed E-state index contributed by atoms with van der Waals surface area (Å²) in [7, 11) is 1.58. The highest BCUT2D eigenvalue weighted by atomic mass is 16.5. The number of nitrogens with one attached hydrogen (secondary N) is 2. The topological polar surface area (TPSA) is 83.0 Å². The van der Waals surface area contributed by atoms with Crippen LogP contribution in [-0.4, -0.2) is 30.9 Å². The van der Waals surface area contributed by atoms with Crippen molar-refractivity contribution in [2.24, 2.45) is 5.10 Å². The largest absolute Gasteiger partial charge is 0.507 e. The Hall–Kier alpha value is -3.02. The highest BCUT2D eigenvalue weighted by Crippen LogP contribution is 2.23. The summed E-state index contributed by atoms with van der Waals surface area (Å²) in [5, 5.41) is 16.7. The summed E-state index contributed by atoms with van der Waals surface area (Å²) >= 11 is 0. The van der Waals surface area contributed by atoms with E-state index >= 15 is 0 Å². The Kier molecular flexibility index (Phi) is 5.78. The van der Waals surface area contributed by atoms with E-state index in [1.807, 2.05) is 38.1 Å². The Bertz CT molecular complexity index is 734. The Morgan fingerprint density at radius 3 is 2.58 bits per heavy atom. The highest BCUT2D eigenvalue weighted by Gasteiger charge is 2.04. The molecule has 0 aromatic heterocycles. The molecule has 6 heteroatoms. The molecule has 2 rings (SSSR count). The molecule has 0 radical (unpaired) electrons. The molecule has 2 aromatic carbocycles. The molecule has 0 spiro atoms. The van der Waals surface area contributed by atoms with Crippen LogP contribution in [0.25, 0.3) is 0 Å². The van der Waals surface area contributed by atoms with E-state index < -0.39 is 0 Å². The molecule has 0 aliphatic heterocycles. The van der Waals surface area contributed by atoms with Crippen molar-refractivity contribution in [3.8, 4) is 11.5 Å². The molecule has 0 aliphatic rings. The Balaban J connectivity index is 1.89. The van der Waals surface area contributed by atoms with Gasteiger partial charge in [0, 0.05) is 0 Å². The third kappa shape index (κ3) is 4.49. The first-order chi connectivity index (χ1) is 11.5. The second-order valence-corrected chi connectivity index (χ2v) is 5.35. The first kappa shape index (κ1) is 17.3. The maximum absolute atomic E-state index is 11.8. The van der Waals surface area contributed by atoms with Crippen molar-refractivity contribution in [1.82, 2.24) is 5.43 Å². The number of ether oxygens (including phenoxy) is 1. The summed E-state index contributed by atoms with van der Waals surface area (Å²) in [6.45, 7) is 3.70. The van der Waals surface area contributed by atoms with Crippen LogP contribution in [0.3, 0.4) is 0 Å². The van der Waals surface area contributed by atoms with Gasteiger partial charge < -0.3 is 15.2 Å². The Morgan fingerprint density at radius 1 is 1.25 bits per heavy atom. The lowest BCUT2D eigenvalue weighted by atomic mass is 10.1. The third-order valence-electron chi connectivity index (χ3n) is 3.46. The molecule has 1 amide bonds. The van der Waals surface area contributed by atoms with E-state index in [1.165, 1.54) is 0 Å². The van der Waals surface area contributed by atoms with Crippen molar-refractivity contribution in [3.63, 3.8) is 0 Å². The molecule has 126 valence electrons. The first-order valence-corrected chi connectivity index (χ1v) is 7.50. The number of benzene rings is 2. The van der Waals surface area contributed by atoms with Gasteiger partial charge in [0.15, 0.2) is 0 Å². The molecule has 0 unspecified atom stereocenters. The van der Waals surface area contributed by atoms with E-state index in [0.717, 1.165) is 22.4 Å². The van der Waals surface area contributed by atoms with Crippen LogP contribution >= 0.6 is 0 Å². The number of rotatable bonds is 6. The van der Waals surface area contributed by atoms with Gasteiger partial charge in [0.2, 0.25) is 0 Å². The highest BCUT2D eigenvalue weighted by molar-refractivity contribution is 5.85. The summed E-state index contributed by atoms with van der Waals surface area (Å²) < 4.78 is 5.20. The van der Waals surface area contributed by atoms with Crippen molar-refractivity contribution in [3.05, 3.63) is 53.1 Å². The molecule has 0 saturated heterocycles. The Morgan fingerprint density at radius 2 is 1.92 bits per heavy atom. The fraction of sp³-hybridized carbons (Fsp3) is 0.222. The molecule has 3 N–H and O–H groups in total. The van der Waals surface area contributed by atoms with Gasteiger partial charge in [0.1, 0.15) is 11.5 Å². The maximum atomic E-state index is 11.8. The lowest BCUT2D eigenvalue weighted by Gasteiger charge is -2.09. The number of nitrogens with zero attached hydrogens (tertiary/aromatic N) is 1. The zero-order valence-corrected chi connectivity index (χ0v) is 14.0. The average Bonchev–Trinajstić information content (AvgIpc) is 2.58. The van der Waals surface area contributed by atoms with Gasteiger partial charge in [-0.3, -0.25) is 4.79 Å². The number of carbonyl (C=O) groups is 1. The molecule has 0 saturated carbocycles. The molecule has 6 nitrogen and oxygen atoms in total. The van der Waals surface area contributed by atoms with Gasteiger partial charge in [-0.1, -0.05) is 12.1 Å². The van der Waals surface area contributed by atoms with Crippen LogP contribution in [0.4, 0.5) is 5.69 Å². The van der Waals surface area contributed by atoms with Crippen molar-refractivity contribution in [1.29, 1.82) is 0 Å². The quantitative estimate of drug-likeness (QED) is 0.562. The first-order valence-electron chi connectivity index (χ1n) is 7.50. The van der Waals surface area contributed by atoms with E-state index in [4.69, 9.17) is 4.74 Å². The smallest absolute Gasteiger partial charge is 0.259 e. The zero-order chi connectivity index (χ0) is 17.5. The third-order valence-corrected chi connectivity index (χ3v) is 3.46. The summed E-state index contributed by atoms with van der Waals surface area (Å²) in [6, 6.07) is 11.0. The van der Waals surface area contributed by atoms with E-state index in [9.17, 15) is 9.90 Å². The van der Waals surface area contributed by atoms with E-state index in [1.54, 1.807) is 25.5 Å². The van der Waals surface area contributed by atoms with Crippen LogP contribution in [0, 0.1) is 13.8 Å². The fourth-order valence-electron chi connectivity index (χ4n) is 2.25. The maximum Gasteiger partial charge on any atom is 0.259 e. The minimum absolute atomic E-state index is 0.0747. The number of phenols is 1. The van der Waals surface area contributed by atoms with Gasteiger partial charge in [-0.25, -0.2) is 5.43 Å². The van der Waals surface area contributed by atoms with Gasteiger partial charge in [-0.2, -0.15) is 5.10 Å². The number of carbonyl (C=O) groups excluding carboxylic acids is 1. The minimum Gasteiger partial charge on any atom is -0.507 e. The van der Waals surface area contributed by atoms with Crippen LogP contribution < -0.4 is 15.5 Å². The van der Waals surface area contributed by atoms with Crippen LogP contribution in [0.1, 0.15) is 16.7 Å². The van der Waals surface area contributed by atoms with E-state index in [2.05, 4.69) is 15.8 Å². The number of methoxy groups -OCH3 is 1. The van der Waals surface area contributed by atoms with Gasteiger partial charge in [0.25, 0.3) is 5.91 Å². The van der Waals surface area contributed by atoms with Crippen molar-refractivity contribution < 1.29 is 14.6 Å². The second-order valence-electron chi connectivity index (χ2n) is 5.35. The fourth-order valence-corrected chi connectivity index (χ4v) is 2.25. The number of aryl methyl sites for hydroxylation is 2. The standard InChI is InChI=1S/C18H21N3O3/c1-12-8-14(9-13(2)18(12)23)10-20-21-17(22)11-19-15-6-4-5-7-16(15)24-3/h4-10,19,23H,11H2,1-3H3,(H,21,22)/b20-10+. The molecule has 0 atom stereocenters. The number of para-hydroxylation sites is 2. The predicted octanol–water partition coefficient (Wildman–Crippen LogP) is 2.58. The van der Waals surface area contributed by atoms with Gasteiger partial charge in [-0.15, -0.1) is 0 Å². The van der Waals surface area contributed by atoms with Gasteiger partial charge >= 0.3 is 0 Å². The summed E-state index contributed by atoms with van der Waals surface area (Å²) in [6.07, 6.45) is 1.54. The number of aromatic hydroxyl groups is 1. The molecule has 0 aliphatic carbocycles. The minimum atomic E-state index is -0.274. The molecule has 0 fully saturated rings. The number of hydrogen-bond donors (Lipinski definition) is 3. The molecule has 2 aromatic rings. The van der Waals surface area contributed by atoms with Crippen LogP contribution in [0.5, 0.6) is 11.5 Å². The van der Waals surface area contributed by atoms with E-state index in [-0.39, 0.29) is 18.2 Å². The average molecular weight is 327 g/mol. The molecular formula is C18H21N3O3. The lowest BCUT2D eigenvalue weighted by Crippen LogP contribution is -2.26. The monoisotopic (exact) mass is 327 g/mol. The predicted molar refractivity (Wildman–Crippen MR) is 94.8 cm³/mol. The van der Waals surface area contributed by atoms with Crippen molar-refractivity contribution in [2.75, 3.05) is 19.0 Å². The molecule has 0 heterocycles. The molecule has 0 bridgehead atoms. The summed E-state index contributed by atoms with van der Waals surface area (Å²) in [4.78, 5) is 11.8. The van der Waals surface area contributed by atoms with Crippen LogP contribution in [0.15, 0.2) is 41.5 Å². The lowest BCUT2D eigenvalue weighted by molar-refractivity contribution is -0.119. The summed E-state index contributed by atoms with van der Waals surface area (Å²) in [5.41, 5.74) is 5.53. The number of hydrazone groups is 1. The van der Waals surface area contributed by atoms with Gasteiger partial charge in [-0.05, 0) is 54.8 Å². The van der Waals surface area contributed by atoms with E-state index in [0.29, 0.717) is 5.75 Å². The number of amides is 1. The normalized spacial score (nSPS) is 10.6. The summed E-state index contributed by atoms with van der Waals surface area (Å²) in [5.74, 6) is 0.672. The second kappa shape index (κ2) is 8.01. The number of phenolic OH excluding ortho intramolecular Hbond substituents is 1. The SMILES string of the molecule is COc1ccccc1NCC(=O)N/N=C/c1cc(C)c(O)c(C)c1. The van der Waals surface area contributed by atoms with Crippen LogP contribution in [-0.2, 0) is 4.79 Å². The van der Waals surface area contributed by atoms with Crippen LogP contribution in [0.2, 0.25) is 0 Å². The molecule has 24 heavy (non-hydrogen) atoms. The molecular weight excluding hydrogens is 306 g/mol. The van der Waals surface area contributed by atoms with Crippen molar-refractivity contribution >= 4 is 17.8 Å². The zero-order valence-electron chi connectivity index (χ0n) is 14.0. The number of hydrogen-bond acceptors (Lipinski definition) is 5. The van der Waals surface area contributed by atoms with Gasteiger partial charge in [0.05, 0.1) is 25.6 Å².